The molecule has 0 aliphatic carbocycles. The smallest absolute Gasteiger partial charge is 0.293 e. The van der Waals surface area contributed by atoms with Crippen LogP contribution in [0.15, 0.2) is 41.7 Å². The molecule has 0 bridgehead atoms. The molecule has 0 unspecified atom stereocenters. The van der Waals surface area contributed by atoms with Crippen LogP contribution in [0.5, 0.6) is 0 Å². The molecule has 1 aromatic carbocycles. The number of sulfone groups is 1. The van der Waals surface area contributed by atoms with Gasteiger partial charge in [0.15, 0.2) is 15.5 Å². The Morgan fingerprint density at radius 3 is 2.37 bits per heavy atom. The first-order valence-electron chi connectivity index (χ1n) is 11.5. The number of benzene rings is 1. The topological polar surface area (TPSA) is 119 Å². The molecular weight excluding hydrogens is 468 g/mol. The highest BCUT2D eigenvalue weighted by Gasteiger charge is 2.19. The molecule has 1 aliphatic rings. The lowest BCUT2D eigenvalue weighted by Crippen LogP contribution is -2.34. The van der Waals surface area contributed by atoms with Gasteiger partial charge in [0, 0.05) is 19.8 Å². The number of rotatable bonds is 6. The Morgan fingerprint density at radius 1 is 1.17 bits per heavy atom. The highest BCUT2D eigenvalue weighted by molar-refractivity contribution is 7.90. The van der Waals surface area contributed by atoms with Gasteiger partial charge in [-0.15, -0.1) is 0 Å². The Labute approximate surface area is 206 Å². The predicted molar refractivity (Wildman–Crippen MR) is 136 cm³/mol. The van der Waals surface area contributed by atoms with Gasteiger partial charge in [-0.3, -0.25) is 4.79 Å². The minimum Gasteiger partial charge on any atom is -0.462 e. The van der Waals surface area contributed by atoms with Crippen molar-refractivity contribution < 1.29 is 17.9 Å². The zero-order valence-corrected chi connectivity index (χ0v) is 21.7. The summed E-state index contributed by atoms with van der Waals surface area (Å²) >= 11 is 0. The molecule has 2 aromatic heterocycles. The van der Waals surface area contributed by atoms with E-state index in [0.717, 1.165) is 36.5 Å². The van der Waals surface area contributed by atoms with Crippen molar-refractivity contribution in [3.8, 4) is 5.69 Å². The summed E-state index contributed by atoms with van der Waals surface area (Å²) in [6.07, 6.45) is 6.87. The zero-order valence-electron chi connectivity index (χ0n) is 20.9. The fourth-order valence-electron chi connectivity index (χ4n) is 3.84. The predicted octanol–water partition coefficient (Wildman–Crippen LogP) is 2.61. The molecule has 1 aliphatic heterocycles. The van der Waals surface area contributed by atoms with Gasteiger partial charge in [-0.25, -0.2) is 23.1 Å². The largest absolute Gasteiger partial charge is 0.462 e. The van der Waals surface area contributed by atoms with Crippen LogP contribution in [-0.4, -0.2) is 73.2 Å². The molecule has 1 fully saturated rings. The standard InChI is InChI=1S/C19H24N6O2S.C5H10O2/c1-24(12-14-7-9-20-10-8-14)18-17-11-23-25(19(17)22-13-21-18)15-3-5-16(6-4-15)28(2,26)27;1-5(2,3)7-4-6/h3-6,11,13-14,20H,7-10,12H2,1-2H3;4H,1-3H3. The van der Waals surface area contributed by atoms with Crippen LogP contribution in [0.1, 0.15) is 33.6 Å². The summed E-state index contributed by atoms with van der Waals surface area (Å²) in [5.74, 6) is 1.51. The summed E-state index contributed by atoms with van der Waals surface area (Å²) in [4.78, 5) is 21.0. The molecule has 11 heteroatoms. The minimum absolute atomic E-state index is 0.282. The van der Waals surface area contributed by atoms with Gasteiger partial charge in [0.1, 0.15) is 17.7 Å². The second-order valence-corrected chi connectivity index (χ2v) is 11.7. The molecule has 0 amide bonds. The minimum atomic E-state index is -3.23. The van der Waals surface area contributed by atoms with E-state index in [9.17, 15) is 13.2 Å². The Balaban J connectivity index is 0.000000429. The van der Waals surface area contributed by atoms with E-state index in [2.05, 4.69) is 37.1 Å². The Hall–Kier alpha value is -3.05. The second-order valence-electron chi connectivity index (χ2n) is 9.66. The number of aromatic nitrogens is 4. The van der Waals surface area contributed by atoms with Gasteiger partial charge in [0.25, 0.3) is 6.47 Å². The number of nitrogens with zero attached hydrogens (tertiary/aromatic N) is 5. The number of nitrogens with one attached hydrogen (secondary N) is 1. The molecule has 0 spiro atoms. The van der Waals surface area contributed by atoms with Crippen molar-refractivity contribution in [1.82, 2.24) is 25.1 Å². The first-order valence-corrected chi connectivity index (χ1v) is 13.4. The van der Waals surface area contributed by atoms with Crippen LogP contribution >= 0.6 is 0 Å². The van der Waals surface area contributed by atoms with Gasteiger partial charge in [0.05, 0.1) is 22.2 Å². The van der Waals surface area contributed by atoms with E-state index in [4.69, 9.17) is 0 Å². The molecule has 0 atom stereocenters. The van der Waals surface area contributed by atoms with E-state index >= 15 is 0 Å². The van der Waals surface area contributed by atoms with Crippen LogP contribution < -0.4 is 10.2 Å². The van der Waals surface area contributed by atoms with Crippen LogP contribution in [-0.2, 0) is 19.4 Å². The molecule has 0 saturated carbocycles. The lowest BCUT2D eigenvalue weighted by Gasteiger charge is -2.28. The zero-order chi connectivity index (χ0) is 25.6. The first-order chi connectivity index (χ1) is 16.5. The molecule has 3 heterocycles. The van der Waals surface area contributed by atoms with Gasteiger partial charge in [0.2, 0.25) is 0 Å². The third-order valence-corrected chi connectivity index (χ3v) is 6.74. The lowest BCUT2D eigenvalue weighted by molar-refractivity contribution is -0.138. The summed E-state index contributed by atoms with van der Waals surface area (Å²) in [7, 11) is -1.17. The maximum Gasteiger partial charge on any atom is 0.293 e. The Morgan fingerprint density at radius 2 is 1.83 bits per heavy atom. The Bertz CT molecular complexity index is 1230. The van der Waals surface area contributed by atoms with E-state index in [1.807, 2.05) is 20.8 Å². The van der Waals surface area contributed by atoms with Crippen LogP contribution in [0.2, 0.25) is 0 Å². The lowest BCUT2D eigenvalue weighted by atomic mass is 9.98. The van der Waals surface area contributed by atoms with Gasteiger partial charge in [-0.2, -0.15) is 5.10 Å². The second kappa shape index (κ2) is 11.1. The van der Waals surface area contributed by atoms with E-state index < -0.39 is 9.84 Å². The number of carbonyl (C=O) groups is 1. The number of ether oxygens (including phenoxy) is 1. The number of piperidine rings is 1. The fourth-order valence-corrected chi connectivity index (χ4v) is 4.47. The van der Waals surface area contributed by atoms with E-state index in [-0.39, 0.29) is 10.5 Å². The summed E-state index contributed by atoms with van der Waals surface area (Å²) in [5, 5.41) is 8.75. The molecule has 4 rings (SSSR count). The van der Waals surface area contributed by atoms with Crippen molar-refractivity contribution in [3.05, 3.63) is 36.8 Å². The quantitative estimate of drug-likeness (QED) is 0.507. The third-order valence-electron chi connectivity index (χ3n) is 5.61. The number of hydrogen-bond acceptors (Lipinski definition) is 9. The van der Waals surface area contributed by atoms with Gasteiger partial charge < -0.3 is 15.0 Å². The molecule has 1 saturated heterocycles. The number of hydrogen-bond donors (Lipinski definition) is 1. The maximum atomic E-state index is 11.7. The van der Waals surface area contributed by atoms with Crippen molar-refractivity contribution in [2.75, 3.05) is 37.8 Å². The van der Waals surface area contributed by atoms with Crippen molar-refractivity contribution in [3.63, 3.8) is 0 Å². The monoisotopic (exact) mass is 502 g/mol. The number of carbonyl (C=O) groups excluding carboxylic acids is 1. The van der Waals surface area contributed by atoms with E-state index in [1.54, 1.807) is 41.5 Å². The molecule has 0 radical (unpaired) electrons. The maximum absolute atomic E-state index is 11.7. The van der Waals surface area contributed by atoms with Crippen molar-refractivity contribution >= 4 is 33.2 Å². The highest BCUT2D eigenvalue weighted by Crippen LogP contribution is 2.26. The summed E-state index contributed by atoms with van der Waals surface area (Å²) < 4.78 is 29.6. The third kappa shape index (κ3) is 7.22. The average molecular weight is 503 g/mol. The highest BCUT2D eigenvalue weighted by atomic mass is 32.2. The van der Waals surface area contributed by atoms with E-state index in [1.165, 1.54) is 19.1 Å². The van der Waals surface area contributed by atoms with Crippen LogP contribution in [0.3, 0.4) is 0 Å². The first kappa shape index (κ1) is 26.6. The normalized spacial score (nSPS) is 14.8. The molecule has 190 valence electrons. The summed E-state index contributed by atoms with van der Waals surface area (Å²) in [6.45, 7) is 9.00. The van der Waals surface area contributed by atoms with Gasteiger partial charge in [-0.1, -0.05) is 0 Å². The number of fused-ring (bicyclic) bond motifs is 1. The van der Waals surface area contributed by atoms with E-state index in [0.29, 0.717) is 18.0 Å². The molecule has 1 N–H and O–H groups in total. The van der Waals surface area contributed by atoms with Gasteiger partial charge in [-0.05, 0) is 76.9 Å². The molecule has 35 heavy (non-hydrogen) atoms. The van der Waals surface area contributed by atoms with Crippen molar-refractivity contribution in [2.24, 2.45) is 5.92 Å². The molecule has 10 nitrogen and oxygen atoms in total. The fraction of sp³-hybridized carbons (Fsp3) is 0.500. The van der Waals surface area contributed by atoms with Crippen molar-refractivity contribution in [2.45, 2.75) is 44.1 Å². The number of anilines is 1. The summed E-state index contributed by atoms with van der Waals surface area (Å²) in [6, 6.07) is 6.65. The van der Waals surface area contributed by atoms with Crippen LogP contribution in [0.25, 0.3) is 16.7 Å². The van der Waals surface area contributed by atoms with Crippen molar-refractivity contribution in [1.29, 1.82) is 0 Å². The molecule has 3 aromatic rings. The van der Waals surface area contributed by atoms with Gasteiger partial charge >= 0.3 is 0 Å². The SMILES string of the molecule is CC(C)(C)OC=O.CN(CC1CCNCC1)c1ncnc2c1cnn2-c1ccc(S(C)(=O)=O)cc1. The summed E-state index contributed by atoms with van der Waals surface area (Å²) in [5.41, 5.74) is 1.14. The van der Waals surface area contributed by atoms with Crippen LogP contribution in [0, 0.1) is 5.92 Å². The Kier molecular flexibility index (Phi) is 8.44. The van der Waals surface area contributed by atoms with Crippen LogP contribution in [0.4, 0.5) is 5.82 Å². The molecular formula is C24H34N6O4S. The average Bonchev–Trinajstić information content (AvgIpc) is 3.23.